The van der Waals surface area contributed by atoms with Crippen LogP contribution in [-0.2, 0) is 9.59 Å². The Kier molecular flexibility index (Phi) is 6.66. The van der Waals surface area contributed by atoms with E-state index in [4.69, 9.17) is 4.74 Å². The lowest BCUT2D eigenvalue weighted by atomic mass is 9.92. The summed E-state index contributed by atoms with van der Waals surface area (Å²) < 4.78 is 7.01. The van der Waals surface area contributed by atoms with Crippen LogP contribution in [0.25, 0.3) is 0 Å². The highest BCUT2D eigenvalue weighted by atomic mass is 32.2. The summed E-state index contributed by atoms with van der Waals surface area (Å²) in [6.07, 6.45) is 1.10. The van der Waals surface area contributed by atoms with Crippen molar-refractivity contribution >= 4 is 40.3 Å². The van der Waals surface area contributed by atoms with Gasteiger partial charge in [-0.05, 0) is 73.8 Å². The van der Waals surface area contributed by atoms with E-state index in [2.05, 4.69) is 13.8 Å². The largest absolute Gasteiger partial charge is 0.507 e. The van der Waals surface area contributed by atoms with Gasteiger partial charge in [0.15, 0.2) is 17.5 Å². The summed E-state index contributed by atoms with van der Waals surface area (Å²) in [6, 6.07) is 6.46. The number of hydrogen-bond acceptors (Lipinski definition) is 5. The molecule has 0 aromatic heterocycles. The molecule has 1 saturated heterocycles. The summed E-state index contributed by atoms with van der Waals surface area (Å²) in [6.45, 7) is 12.0. The maximum absolute atomic E-state index is 13.6. The Morgan fingerprint density at radius 3 is 2.36 bits per heavy atom. The van der Waals surface area contributed by atoms with E-state index in [-0.39, 0.29) is 18.4 Å². The SMILES string of the molecule is CCOc1ccc(N2C(=O)C3C(C)=C(C)SC3=[N+](CC(=O)N3CC(C)CC(C)C3)C2=O)cc1. The number of carbonyl (C=O) groups is 3. The van der Waals surface area contributed by atoms with Crippen LogP contribution in [0.3, 0.4) is 0 Å². The normalized spacial score (nSPS) is 25.7. The third kappa shape index (κ3) is 4.45. The molecule has 0 aliphatic carbocycles. The van der Waals surface area contributed by atoms with Crippen LogP contribution in [0.2, 0.25) is 0 Å². The molecule has 0 N–H and O–H groups in total. The first-order valence-corrected chi connectivity index (χ1v) is 12.4. The Labute approximate surface area is 199 Å². The number of thioether (sulfide) groups is 1. The van der Waals surface area contributed by atoms with Crippen molar-refractivity contribution in [2.24, 2.45) is 17.8 Å². The van der Waals surface area contributed by atoms with Gasteiger partial charge >= 0.3 is 11.9 Å². The van der Waals surface area contributed by atoms with Crippen molar-refractivity contribution in [1.82, 2.24) is 4.90 Å². The minimum atomic E-state index is -0.536. The molecule has 7 nitrogen and oxygen atoms in total. The first kappa shape index (κ1) is 23.5. The average Bonchev–Trinajstić information content (AvgIpc) is 3.06. The predicted octanol–water partition coefficient (Wildman–Crippen LogP) is 4.12. The van der Waals surface area contributed by atoms with Crippen LogP contribution in [0.15, 0.2) is 34.7 Å². The van der Waals surface area contributed by atoms with Gasteiger partial charge in [-0.15, -0.1) is 4.90 Å². The van der Waals surface area contributed by atoms with Gasteiger partial charge in [0.25, 0.3) is 5.91 Å². The Morgan fingerprint density at radius 1 is 1.12 bits per heavy atom. The molecule has 1 aromatic carbocycles. The standard InChI is InChI=1S/C25H32N3O4S/c1-6-32-20-9-7-19(8-10-20)28-23(30)22-17(4)18(5)33-24(22)27(25(28)31)14-21(29)26-12-15(2)11-16(3)13-26/h7-10,15-16,22H,6,11-14H2,1-5H3/q+1. The molecule has 176 valence electrons. The molecule has 4 rings (SSSR count). The second-order valence-corrected chi connectivity index (χ2v) is 10.6. The fourth-order valence-corrected chi connectivity index (χ4v) is 6.21. The number of urea groups is 1. The van der Waals surface area contributed by atoms with Gasteiger partial charge in [-0.25, -0.2) is 4.79 Å². The number of piperidine rings is 1. The van der Waals surface area contributed by atoms with E-state index >= 15 is 0 Å². The van der Waals surface area contributed by atoms with Crippen LogP contribution in [0.4, 0.5) is 10.5 Å². The van der Waals surface area contributed by atoms with Gasteiger partial charge in [0, 0.05) is 13.1 Å². The lowest BCUT2D eigenvalue weighted by molar-refractivity contribution is -0.416. The quantitative estimate of drug-likeness (QED) is 0.606. The van der Waals surface area contributed by atoms with E-state index in [1.54, 1.807) is 24.3 Å². The van der Waals surface area contributed by atoms with Crippen molar-refractivity contribution in [3.05, 3.63) is 34.7 Å². The minimum absolute atomic E-state index is 0.0571. The van der Waals surface area contributed by atoms with E-state index in [0.29, 0.717) is 48.0 Å². The summed E-state index contributed by atoms with van der Waals surface area (Å²) in [5.41, 5.74) is 1.41. The fourth-order valence-electron chi connectivity index (χ4n) is 4.97. The van der Waals surface area contributed by atoms with E-state index in [9.17, 15) is 14.4 Å². The summed E-state index contributed by atoms with van der Waals surface area (Å²) in [5.74, 6) is 0.662. The molecule has 3 unspecified atom stereocenters. The first-order valence-electron chi connectivity index (χ1n) is 11.6. The Balaban J connectivity index is 1.67. The highest BCUT2D eigenvalue weighted by Gasteiger charge is 2.53. The number of carbonyl (C=O) groups excluding carboxylic acids is 3. The second kappa shape index (κ2) is 9.33. The van der Waals surface area contributed by atoms with Crippen molar-refractivity contribution in [2.75, 3.05) is 31.1 Å². The van der Waals surface area contributed by atoms with E-state index in [1.807, 2.05) is 25.7 Å². The van der Waals surface area contributed by atoms with E-state index in [0.717, 1.165) is 16.9 Å². The molecule has 3 aliphatic rings. The number of nitrogens with zero attached hydrogens (tertiary/aromatic N) is 3. The van der Waals surface area contributed by atoms with Gasteiger partial charge in [-0.2, -0.15) is 9.37 Å². The van der Waals surface area contributed by atoms with Crippen molar-refractivity contribution in [3.63, 3.8) is 0 Å². The highest BCUT2D eigenvalue weighted by molar-refractivity contribution is 8.17. The number of fused-ring (bicyclic) bond motifs is 1. The summed E-state index contributed by atoms with van der Waals surface area (Å²) in [4.78, 5) is 44.5. The van der Waals surface area contributed by atoms with Gasteiger partial charge in [0.2, 0.25) is 0 Å². The molecule has 1 aromatic rings. The number of imide groups is 1. The smallest absolute Gasteiger partial charge is 0.494 e. The average molecular weight is 471 g/mol. The molecular weight excluding hydrogens is 438 g/mol. The number of benzene rings is 1. The van der Waals surface area contributed by atoms with Gasteiger partial charge in [-0.1, -0.05) is 25.6 Å². The number of allylic oxidation sites excluding steroid dienone is 1. The zero-order valence-corrected chi connectivity index (χ0v) is 20.8. The molecule has 3 heterocycles. The van der Waals surface area contributed by atoms with Gasteiger partial charge < -0.3 is 9.64 Å². The number of likely N-dealkylation sites (tertiary alicyclic amines) is 1. The van der Waals surface area contributed by atoms with Crippen molar-refractivity contribution < 1.29 is 23.7 Å². The van der Waals surface area contributed by atoms with E-state index < -0.39 is 11.9 Å². The Bertz CT molecular complexity index is 1040. The van der Waals surface area contributed by atoms with Crippen molar-refractivity contribution in [3.8, 4) is 5.75 Å². The van der Waals surface area contributed by atoms with Gasteiger partial charge in [-0.3, -0.25) is 4.79 Å². The van der Waals surface area contributed by atoms with Crippen LogP contribution in [-0.4, -0.2) is 58.6 Å². The molecule has 0 radical (unpaired) electrons. The fraction of sp³-hybridized carbons (Fsp3) is 0.520. The summed E-state index contributed by atoms with van der Waals surface area (Å²) in [5, 5.41) is 0.647. The number of amides is 4. The van der Waals surface area contributed by atoms with Crippen LogP contribution >= 0.6 is 11.8 Å². The van der Waals surface area contributed by atoms with Crippen LogP contribution < -0.4 is 9.64 Å². The number of ether oxygens (including phenoxy) is 1. The first-order chi connectivity index (χ1) is 15.7. The lowest BCUT2D eigenvalue weighted by Crippen LogP contribution is -2.56. The molecule has 1 fully saturated rings. The van der Waals surface area contributed by atoms with Crippen LogP contribution in [0.5, 0.6) is 5.75 Å². The molecule has 8 heteroatoms. The maximum atomic E-state index is 13.6. The van der Waals surface area contributed by atoms with E-state index in [1.165, 1.54) is 21.2 Å². The third-order valence-corrected chi connectivity index (χ3v) is 7.86. The molecule has 3 aliphatic heterocycles. The molecule has 0 saturated carbocycles. The number of hydrogen-bond donors (Lipinski definition) is 0. The molecule has 33 heavy (non-hydrogen) atoms. The topological polar surface area (TPSA) is 69.9 Å². The van der Waals surface area contributed by atoms with Crippen LogP contribution in [0, 0.1) is 17.8 Å². The molecule has 0 spiro atoms. The van der Waals surface area contributed by atoms with Gasteiger partial charge in [0.1, 0.15) is 11.4 Å². The van der Waals surface area contributed by atoms with Gasteiger partial charge in [0.05, 0.1) is 6.61 Å². The Hall–Kier alpha value is -2.61. The maximum Gasteiger partial charge on any atom is 0.507 e. The minimum Gasteiger partial charge on any atom is -0.494 e. The number of rotatable bonds is 5. The lowest BCUT2D eigenvalue weighted by Gasteiger charge is -2.35. The molecule has 0 bridgehead atoms. The van der Waals surface area contributed by atoms with Crippen LogP contribution in [0.1, 0.15) is 41.0 Å². The monoisotopic (exact) mass is 470 g/mol. The molecule has 3 atom stereocenters. The number of anilines is 1. The van der Waals surface area contributed by atoms with Crippen molar-refractivity contribution in [2.45, 2.75) is 41.0 Å². The van der Waals surface area contributed by atoms with Crippen molar-refractivity contribution in [1.29, 1.82) is 0 Å². The zero-order chi connectivity index (χ0) is 23.9. The zero-order valence-electron chi connectivity index (χ0n) is 20.0. The predicted molar refractivity (Wildman–Crippen MR) is 130 cm³/mol. The Morgan fingerprint density at radius 2 is 1.76 bits per heavy atom. The summed E-state index contributed by atoms with van der Waals surface area (Å²) >= 11 is 1.43. The highest BCUT2D eigenvalue weighted by Crippen LogP contribution is 2.41. The molecular formula is C25H32N3O4S+. The third-order valence-electron chi connectivity index (χ3n) is 6.57. The summed E-state index contributed by atoms with van der Waals surface area (Å²) in [7, 11) is 0. The molecule has 4 amide bonds. The second-order valence-electron chi connectivity index (χ2n) is 9.33.